The Morgan fingerprint density at radius 1 is 1.07 bits per heavy atom. The Bertz CT molecular complexity index is 2420. The number of aromatic nitrogens is 1. The zero-order chi connectivity index (χ0) is 41.7. The number of nitrogens with zero attached hydrogens (tertiary/aromatic N) is 3. The fraction of sp³-hybridized carbons (Fsp3) is 0.317. The van der Waals surface area contributed by atoms with Gasteiger partial charge in [-0.15, -0.1) is 0 Å². The first kappa shape index (κ1) is 42.9. The van der Waals surface area contributed by atoms with Gasteiger partial charge < -0.3 is 31.1 Å². The second-order valence-corrected chi connectivity index (χ2v) is 18.3. The number of thioether (sulfide) groups is 1. The number of aliphatic hydroxyl groups is 1. The van der Waals surface area contributed by atoms with Gasteiger partial charge in [0.25, 0.3) is 15.1 Å². The van der Waals surface area contributed by atoms with E-state index in [0.717, 1.165) is 47.5 Å². The minimum Gasteiger partial charge on any atom is -0.480 e. The van der Waals surface area contributed by atoms with E-state index in [1.807, 2.05) is 55.5 Å². The van der Waals surface area contributed by atoms with Crippen molar-refractivity contribution in [1.29, 1.82) is 0 Å². The molecule has 0 fully saturated rings. The number of halogens is 1. The molecule has 4 aromatic rings. The maximum absolute atomic E-state index is 13.1. The van der Waals surface area contributed by atoms with E-state index in [4.69, 9.17) is 17.3 Å². The summed E-state index contributed by atoms with van der Waals surface area (Å²) in [4.78, 5) is 41.3. The number of aryl methyl sites for hydroxylation is 1. The average molecular weight is 867 g/mol. The molecule has 0 saturated carbocycles. The summed E-state index contributed by atoms with van der Waals surface area (Å²) in [5.74, 6) is -2.91. The minimum absolute atomic E-state index is 0.0403. The lowest BCUT2D eigenvalue weighted by Crippen LogP contribution is -2.56. The number of carboxylic acid groups (broad SMARTS) is 1. The Hall–Kier alpha value is -4.71. The molecular weight excluding hydrogens is 822 g/mol. The molecule has 17 heteroatoms. The van der Waals surface area contributed by atoms with Gasteiger partial charge >= 0.3 is 5.97 Å². The molecule has 3 aromatic carbocycles. The van der Waals surface area contributed by atoms with Gasteiger partial charge in [-0.1, -0.05) is 71.1 Å². The van der Waals surface area contributed by atoms with E-state index in [2.05, 4.69) is 45.1 Å². The number of hydrogen-bond acceptors (Lipinski definition) is 10. The Balaban J connectivity index is 1.18. The monoisotopic (exact) mass is 866 g/mol. The summed E-state index contributed by atoms with van der Waals surface area (Å²) < 4.78 is 35.8. The third-order valence-electron chi connectivity index (χ3n) is 9.94. The van der Waals surface area contributed by atoms with Crippen molar-refractivity contribution in [3.8, 4) is 11.1 Å². The SMILES string of the molecule is CC(/C=C1\Sc2ccc(Cl)cc2N1CCCCNC(=O)C(C)N1C=C(C(N)=O)CC(O)C1C(=O)O)=C\c1sc2ccc(-c3ccccc3)cc2[n+]1CCCS(=O)(=O)O. The normalized spacial score (nSPS) is 18.3. The molecule has 0 aliphatic carbocycles. The molecular formula is C41H45ClN5O8S3+. The van der Waals surface area contributed by atoms with Crippen molar-refractivity contribution < 1.29 is 42.1 Å². The third kappa shape index (κ3) is 10.3. The Morgan fingerprint density at radius 3 is 2.53 bits per heavy atom. The van der Waals surface area contributed by atoms with Gasteiger partial charge in [0.15, 0.2) is 12.6 Å². The standard InChI is InChI=1S/C41H44ClN5O8S3/c1-25(20-37-46(17-8-18-58(53,54)55)31-21-28(11-13-34(31)56-37)27-9-4-3-5-10-27)19-36-45(32-23-30(42)12-14-35(32)57-36)16-7-6-15-44-40(50)26(2)47-24-29(39(43)49)22-33(48)38(47)41(51)52/h3-5,9-14,19-21,23-24,26,33,38,48H,6-8,15-18,22H2,1-2H3,(H4-,43,44,49,50,51,52,53,54,55)/p+1. The quantitative estimate of drug-likeness (QED) is 0.0518. The summed E-state index contributed by atoms with van der Waals surface area (Å²) in [7, 11) is -4.12. The second kappa shape index (κ2) is 18.5. The van der Waals surface area contributed by atoms with E-state index in [1.54, 1.807) is 23.1 Å². The van der Waals surface area contributed by atoms with Gasteiger partial charge in [0.05, 0.1) is 22.6 Å². The number of carboxylic acids is 1. The Kier molecular flexibility index (Phi) is 13.7. The average Bonchev–Trinajstić information content (AvgIpc) is 3.68. The molecule has 13 nitrogen and oxygen atoms in total. The van der Waals surface area contributed by atoms with Crippen LogP contribution in [-0.2, 0) is 31.0 Å². The Morgan fingerprint density at radius 2 is 1.83 bits per heavy atom. The summed E-state index contributed by atoms with van der Waals surface area (Å²) in [6.45, 7) is 4.82. The summed E-state index contributed by atoms with van der Waals surface area (Å²) >= 11 is 9.67. The van der Waals surface area contributed by atoms with Crippen LogP contribution < -0.4 is 20.5 Å². The number of primary amides is 1. The topological polar surface area (TPSA) is 194 Å². The number of allylic oxidation sites excluding steroid dienone is 2. The Labute approximate surface area is 350 Å². The molecule has 0 bridgehead atoms. The van der Waals surface area contributed by atoms with Crippen molar-refractivity contribution in [3.05, 3.63) is 105 Å². The number of carbonyl (C=O) groups excluding carboxylic acids is 2. The highest BCUT2D eigenvalue weighted by Crippen LogP contribution is 2.47. The first-order valence-electron chi connectivity index (χ1n) is 18.7. The molecule has 0 saturated heterocycles. The predicted molar refractivity (Wildman–Crippen MR) is 228 cm³/mol. The van der Waals surface area contributed by atoms with E-state index >= 15 is 0 Å². The van der Waals surface area contributed by atoms with Crippen LogP contribution in [0.4, 0.5) is 5.69 Å². The zero-order valence-electron chi connectivity index (χ0n) is 31.9. The number of aliphatic carboxylic acids is 1. The van der Waals surface area contributed by atoms with Crippen LogP contribution in [0.25, 0.3) is 27.4 Å². The summed E-state index contributed by atoms with van der Waals surface area (Å²) in [5, 5.41) is 25.5. The third-order valence-corrected chi connectivity index (χ3v) is 13.2. The van der Waals surface area contributed by atoms with Crippen LogP contribution in [0, 0.1) is 0 Å². The lowest BCUT2D eigenvalue weighted by Gasteiger charge is -2.38. The van der Waals surface area contributed by atoms with Crippen LogP contribution in [0.2, 0.25) is 5.02 Å². The van der Waals surface area contributed by atoms with Gasteiger partial charge in [-0.05, 0) is 73.7 Å². The number of amides is 2. The molecule has 58 heavy (non-hydrogen) atoms. The largest absolute Gasteiger partial charge is 0.480 e. The van der Waals surface area contributed by atoms with Gasteiger partial charge in [0, 0.05) is 59.8 Å². The second-order valence-electron chi connectivity index (χ2n) is 14.2. The van der Waals surface area contributed by atoms with Crippen molar-refractivity contribution in [2.24, 2.45) is 5.73 Å². The highest BCUT2D eigenvalue weighted by molar-refractivity contribution is 8.03. The van der Waals surface area contributed by atoms with Gasteiger partial charge in [0.2, 0.25) is 17.3 Å². The fourth-order valence-corrected chi connectivity index (χ4v) is 10.1. The van der Waals surface area contributed by atoms with Gasteiger partial charge in [0.1, 0.15) is 10.7 Å². The maximum atomic E-state index is 13.1. The molecule has 3 heterocycles. The number of fused-ring (bicyclic) bond motifs is 2. The van der Waals surface area contributed by atoms with E-state index in [1.165, 1.54) is 18.0 Å². The molecule has 3 atom stereocenters. The van der Waals surface area contributed by atoms with Crippen molar-refractivity contribution in [2.75, 3.05) is 23.7 Å². The van der Waals surface area contributed by atoms with Crippen molar-refractivity contribution in [3.63, 3.8) is 0 Å². The number of carbonyl (C=O) groups is 3. The number of rotatable bonds is 16. The molecule has 306 valence electrons. The molecule has 2 aliphatic heterocycles. The summed E-state index contributed by atoms with van der Waals surface area (Å²) in [6, 6.07) is 19.6. The van der Waals surface area contributed by atoms with Crippen molar-refractivity contribution in [1.82, 2.24) is 10.2 Å². The number of nitrogens with two attached hydrogens (primary N) is 1. The maximum Gasteiger partial charge on any atom is 0.329 e. The lowest BCUT2D eigenvalue weighted by molar-refractivity contribution is -0.668. The van der Waals surface area contributed by atoms with Crippen LogP contribution in [0.15, 0.2) is 100 Å². The van der Waals surface area contributed by atoms with E-state index < -0.39 is 46.1 Å². The summed E-state index contributed by atoms with van der Waals surface area (Å²) in [5.41, 5.74) is 10.4. The van der Waals surface area contributed by atoms with Crippen LogP contribution in [0.3, 0.4) is 0 Å². The first-order valence-corrected chi connectivity index (χ1v) is 22.3. The number of thiazole rings is 1. The van der Waals surface area contributed by atoms with E-state index in [9.17, 15) is 37.6 Å². The smallest absolute Gasteiger partial charge is 0.329 e. The molecule has 3 unspecified atom stereocenters. The summed E-state index contributed by atoms with van der Waals surface area (Å²) in [6.07, 6.45) is 5.33. The van der Waals surface area contributed by atoms with Crippen LogP contribution >= 0.6 is 34.7 Å². The number of benzene rings is 3. The fourth-order valence-electron chi connectivity index (χ4n) is 7.05. The number of aliphatic hydroxyl groups excluding tert-OH is 1. The number of hydrogen-bond donors (Lipinski definition) is 5. The van der Waals surface area contributed by atoms with Crippen molar-refractivity contribution >= 4 is 84.6 Å². The van der Waals surface area contributed by atoms with E-state index in [0.29, 0.717) is 37.5 Å². The van der Waals surface area contributed by atoms with E-state index in [-0.39, 0.29) is 24.2 Å². The molecule has 6 rings (SSSR count). The number of anilines is 1. The van der Waals surface area contributed by atoms with Crippen LogP contribution in [-0.4, -0.2) is 82.9 Å². The van der Waals surface area contributed by atoms with Crippen molar-refractivity contribution in [2.45, 2.75) is 69.2 Å². The molecule has 0 spiro atoms. The zero-order valence-corrected chi connectivity index (χ0v) is 35.1. The predicted octanol–water partition coefficient (Wildman–Crippen LogP) is 5.82. The molecule has 6 N–H and O–H groups in total. The van der Waals surface area contributed by atoms with Gasteiger partial charge in [-0.3, -0.25) is 14.1 Å². The number of nitrogens with one attached hydrogen (secondary N) is 1. The molecule has 2 aliphatic rings. The highest BCUT2D eigenvalue weighted by atomic mass is 35.5. The first-order chi connectivity index (χ1) is 27.6. The van der Waals surface area contributed by atoms with Crippen LogP contribution in [0.5, 0.6) is 0 Å². The lowest BCUT2D eigenvalue weighted by atomic mass is 9.95. The van der Waals surface area contributed by atoms with Gasteiger partial charge in [-0.25, -0.2) is 4.79 Å². The highest BCUT2D eigenvalue weighted by Gasteiger charge is 2.40. The van der Waals surface area contributed by atoms with Crippen LogP contribution in [0.1, 0.15) is 44.5 Å². The molecule has 2 amide bonds. The molecule has 0 radical (unpaired) electrons. The number of unbranched alkanes of at least 4 members (excludes halogenated alkanes) is 1. The minimum atomic E-state index is -4.12. The molecule has 1 aromatic heterocycles. The van der Waals surface area contributed by atoms with Gasteiger partial charge in [-0.2, -0.15) is 13.0 Å².